The lowest BCUT2D eigenvalue weighted by Crippen LogP contribution is -2.45. The summed E-state index contributed by atoms with van der Waals surface area (Å²) in [6, 6.07) is -0.174. The number of carbonyl (C=O) groups is 2. The second-order valence-corrected chi connectivity index (χ2v) is 5.85. The largest absolute Gasteiger partial charge is 0.325 e. The van der Waals surface area contributed by atoms with E-state index in [9.17, 15) is 9.59 Å². The predicted molar refractivity (Wildman–Crippen MR) is 67.0 cm³/mol. The molecule has 1 atom stereocenters. The summed E-state index contributed by atoms with van der Waals surface area (Å²) in [4.78, 5) is 25.9. The first-order valence-electron chi connectivity index (χ1n) is 7.06. The fourth-order valence-electron chi connectivity index (χ4n) is 3.50. The molecule has 0 bridgehead atoms. The fraction of sp³-hybridized carbons (Fsp3) is 0.846. The average Bonchev–Trinajstić information content (AvgIpc) is 2.93. The Kier molecular flexibility index (Phi) is 3.01. The van der Waals surface area contributed by atoms with Gasteiger partial charge in [-0.05, 0) is 44.7 Å². The van der Waals surface area contributed by atoms with Crippen molar-refractivity contribution in [3.8, 4) is 0 Å². The van der Waals surface area contributed by atoms with E-state index >= 15 is 0 Å². The molecule has 3 amide bonds. The highest BCUT2D eigenvalue weighted by atomic mass is 16.2. The van der Waals surface area contributed by atoms with E-state index in [0.717, 1.165) is 51.6 Å². The van der Waals surface area contributed by atoms with Gasteiger partial charge in [-0.3, -0.25) is 9.69 Å². The van der Waals surface area contributed by atoms with Gasteiger partial charge in [-0.15, -0.1) is 0 Å². The molecule has 2 N–H and O–H groups in total. The van der Waals surface area contributed by atoms with Crippen molar-refractivity contribution in [2.24, 2.45) is 5.92 Å². The van der Waals surface area contributed by atoms with Gasteiger partial charge in [-0.2, -0.15) is 0 Å². The Hall–Kier alpha value is -1.10. The van der Waals surface area contributed by atoms with Crippen molar-refractivity contribution in [3.63, 3.8) is 0 Å². The van der Waals surface area contributed by atoms with Gasteiger partial charge in [0.25, 0.3) is 5.91 Å². The molecule has 0 aromatic rings. The number of rotatable bonds is 2. The standard InChI is InChI=1S/C13H21N3O2/c17-11-13(5-1-2-6-13)15-12(18)16(11)9-10-4-3-7-14-8-10/h10,14H,1-9H2,(H,15,18). The van der Waals surface area contributed by atoms with Gasteiger partial charge in [0.2, 0.25) is 0 Å². The van der Waals surface area contributed by atoms with E-state index in [-0.39, 0.29) is 11.9 Å². The number of carbonyl (C=O) groups excluding carboxylic acids is 2. The van der Waals surface area contributed by atoms with Crippen LogP contribution in [0.25, 0.3) is 0 Å². The number of amides is 3. The van der Waals surface area contributed by atoms with Crippen LogP contribution in [0.2, 0.25) is 0 Å². The van der Waals surface area contributed by atoms with Crippen LogP contribution < -0.4 is 10.6 Å². The van der Waals surface area contributed by atoms with Gasteiger partial charge >= 0.3 is 6.03 Å². The van der Waals surface area contributed by atoms with Crippen LogP contribution >= 0.6 is 0 Å². The molecule has 3 aliphatic rings. The van der Waals surface area contributed by atoms with Crippen molar-refractivity contribution < 1.29 is 9.59 Å². The van der Waals surface area contributed by atoms with Crippen LogP contribution in [-0.4, -0.2) is 42.0 Å². The second kappa shape index (κ2) is 4.53. The fourth-order valence-corrected chi connectivity index (χ4v) is 3.50. The molecular weight excluding hydrogens is 230 g/mol. The highest BCUT2D eigenvalue weighted by molar-refractivity contribution is 6.07. The van der Waals surface area contributed by atoms with Crippen molar-refractivity contribution in [1.82, 2.24) is 15.5 Å². The van der Waals surface area contributed by atoms with Crippen LogP contribution in [0.15, 0.2) is 0 Å². The highest BCUT2D eigenvalue weighted by Crippen LogP contribution is 2.35. The van der Waals surface area contributed by atoms with Gasteiger partial charge in [-0.25, -0.2) is 4.79 Å². The molecular formula is C13H21N3O2. The van der Waals surface area contributed by atoms with Gasteiger partial charge in [0.15, 0.2) is 0 Å². The van der Waals surface area contributed by atoms with E-state index in [4.69, 9.17) is 0 Å². The molecule has 3 fully saturated rings. The van der Waals surface area contributed by atoms with Gasteiger partial charge in [0.1, 0.15) is 5.54 Å². The maximum atomic E-state index is 12.4. The van der Waals surface area contributed by atoms with Crippen molar-refractivity contribution in [3.05, 3.63) is 0 Å². The molecule has 0 radical (unpaired) electrons. The Balaban J connectivity index is 1.68. The molecule has 0 aromatic heterocycles. The van der Waals surface area contributed by atoms with E-state index in [0.29, 0.717) is 12.5 Å². The molecule has 3 rings (SSSR count). The third kappa shape index (κ3) is 1.90. The number of nitrogens with one attached hydrogen (secondary N) is 2. The quantitative estimate of drug-likeness (QED) is 0.715. The molecule has 0 aromatic carbocycles. The molecule has 1 unspecified atom stereocenters. The van der Waals surface area contributed by atoms with E-state index in [2.05, 4.69) is 10.6 Å². The van der Waals surface area contributed by atoms with Crippen LogP contribution in [-0.2, 0) is 4.79 Å². The lowest BCUT2D eigenvalue weighted by molar-refractivity contribution is -0.131. The van der Waals surface area contributed by atoms with Gasteiger partial charge < -0.3 is 10.6 Å². The van der Waals surface area contributed by atoms with Crippen LogP contribution in [0.3, 0.4) is 0 Å². The molecule has 5 nitrogen and oxygen atoms in total. The molecule has 18 heavy (non-hydrogen) atoms. The van der Waals surface area contributed by atoms with Crippen LogP contribution in [0.4, 0.5) is 4.79 Å². The normalized spacial score (nSPS) is 31.1. The summed E-state index contributed by atoms with van der Waals surface area (Å²) in [6.07, 6.45) is 5.97. The smallest absolute Gasteiger partial charge is 0.323 e. The molecule has 5 heteroatoms. The summed E-state index contributed by atoms with van der Waals surface area (Å²) in [7, 11) is 0. The molecule has 2 heterocycles. The zero-order valence-electron chi connectivity index (χ0n) is 10.7. The predicted octanol–water partition coefficient (Wildman–Crippen LogP) is 0.851. The molecule has 1 spiro atoms. The van der Waals surface area contributed by atoms with Gasteiger partial charge in [-0.1, -0.05) is 12.8 Å². The van der Waals surface area contributed by atoms with Gasteiger partial charge in [0.05, 0.1) is 0 Å². The minimum absolute atomic E-state index is 0.0237. The third-order valence-corrected chi connectivity index (χ3v) is 4.54. The number of urea groups is 1. The van der Waals surface area contributed by atoms with Crippen LogP contribution in [0.1, 0.15) is 38.5 Å². The van der Waals surface area contributed by atoms with Crippen LogP contribution in [0.5, 0.6) is 0 Å². The lowest BCUT2D eigenvalue weighted by Gasteiger charge is -2.26. The third-order valence-electron chi connectivity index (χ3n) is 4.54. The number of piperidine rings is 1. The minimum Gasteiger partial charge on any atom is -0.323 e. The van der Waals surface area contributed by atoms with E-state index < -0.39 is 5.54 Å². The zero-order chi connectivity index (χ0) is 12.6. The summed E-state index contributed by atoms with van der Waals surface area (Å²) >= 11 is 0. The Morgan fingerprint density at radius 2 is 2.00 bits per heavy atom. The maximum absolute atomic E-state index is 12.4. The molecule has 1 aliphatic carbocycles. The maximum Gasteiger partial charge on any atom is 0.325 e. The van der Waals surface area contributed by atoms with E-state index in [1.54, 1.807) is 0 Å². The number of hydrogen-bond acceptors (Lipinski definition) is 3. The van der Waals surface area contributed by atoms with Crippen molar-refractivity contribution >= 4 is 11.9 Å². The first kappa shape index (κ1) is 12.0. The van der Waals surface area contributed by atoms with Crippen LogP contribution in [0, 0.1) is 5.92 Å². The summed E-state index contributed by atoms with van der Waals surface area (Å²) in [5, 5.41) is 6.27. The first-order valence-corrected chi connectivity index (χ1v) is 7.06. The Morgan fingerprint density at radius 1 is 1.22 bits per heavy atom. The number of imide groups is 1. The van der Waals surface area contributed by atoms with Crippen molar-refractivity contribution in [2.75, 3.05) is 19.6 Å². The molecule has 1 saturated carbocycles. The van der Waals surface area contributed by atoms with E-state index in [1.807, 2.05) is 0 Å². The van der Waals surface area contributed by atoms with Gasteiger partial charge in [0, 0.05) is 6.54 Å². The molecule has 2 aliphatic heterocycles. The zero-order valence-corrected chi connectivity index (χ0v) is 10.7. The number of hydrogen-bond donors (Lipinski definition) is 2. The second-order valence-electron chi connectivity index (χ2n) is 5.85. The Bertz CT molecular complexity index is 357. The highest BCUT2D eigenvalue weighted by Gasteiger charge is 2.52. The van der Waals surface area contributed by atoms with Crippen molar-refractivity contribution in [2.45, 2.75) is 44.1 Å². The monoisotopic (exact) mass is 251 g/mol. The van der Waals surface area contributed by atoms with Crippen molar-refractivity contribution in [1.29, 1.82) is 0 Å². The Labute approximate surface area is 107 Å². The summed E-state index contributed by atoms with van der Waals surface area (Å²) in [5.41, 5.74) is -0.542. The molecule has 100 valence electrons. The molecule has 2 saturated heterocycles. The van der Waals surface area contributed by atoms with E-state index in [1.165, 1.54) is 4.90 Å². The lowest BCUT2D eigenvalue weighted by atomic mass is 9.96. The Morgan fingerprint density at radius 3 is 2.67 bits per heavy atom. The summed E-state index contributed by atoms with van der Waals surface area (Å²) < 4.78 is 0. The SMILES string of the molecule is O=C1NC2(CCCC2)C(=O)N1CC1CCCNC1. The first-order chi connectivity index (χ1) is 8.71. The summed E-state index contributed by atoms with van der Waals surface area (Å²) in [6.45, 7) is 2.56. The number of nitrogens with zero attached hydrogens (tertiary/aromatic N) is 1. The average molecular weight is 251 g/mol. The summed E-state index contributed by atoms with van der Waals surface area (Å²) in [5.74, 6) is 0.445. The minimum atomic E-state index is -0.542. The topological polar surface area (TPSA) is 61.4 Å².